The standard InChI is InChI=1S/C13H17NO5/c1-3-4-11(12(15)16)19-13(17)9-7-8(14)5-6-10(9)18-2/h5-7,11H,3-4,14H2,1-2H3,(H,15,16). The Bertz CT molecular complexity index is 472. The van der Waals surface area contributed by atoms with Gasteiger partial charge in [-0.15, -0.1) is 0 Å². The van der Waals surface area contributed by atoms with Crippen LogP contribution in [0.4, 0.5) is 5.69 Å². The zero-order valence-electron chi connectivity index (χ0n) is 10.9. The van der Waals surface area contributed by atoms with Crippen LogP contribution in [0.2, 0.25) is 0 Å². The molecule has 0 saturated heterocycles. The molecule has 19 heavy (non-hydrogen) atoms. The molecule has 1 aromatic carbocycles. The summed E-state index contributed by atoms with van der Waals surface area (Å²) >= 11 is 0. The zero-order valence-corrected chi connectivity index (χ0v) is 10.9. The maximum atomic E-state index is 11.9. The van der Waals surface area contributed by atoms with Crippen molar-refractivity contribution in [2.45, 2.75) is 25.9 Å². The van der Waals surface area contributed by atoms with Crippen LogP contribution in [-0.4, -0.2) is 30.3 Å². The topological polar surface area (TPSA) is 98.9 Å². The molecule has 104 valence electrons. The predicted octanol–water partition coefficient (Wildman–Crippen LogP) is 1.69. The molecule has 0 aliphatic heterocycles. The molecule has 0 spiro atoms. The molecule has 1 unspecified atom stereocenters. The van der Waals surface area contributed by atoms with Crippen LogP contribution in [-0.2, 0) is 9.53 Å². The highest BCUT2D eigenvalue weighted by atomic mass is 16.6. The van der Waals surface area contributed by atoms with Crippen molar-refractivity contribution in [3.8, 4) is 5.75 Å². The smallest absolute Gasteiger partial charge is 0.345 e. The average molecular weight is 267 g/mol. The number of carbonyl (C=O) groups excluding carboxylic acids is 1. The lowest BCUT2D eigenvalue weighted by Crippen LogP contribution is -2.27. The van der Waals surface area contributed by atoms with Gasteiger partial charge in [0.25, 0.3) is 0 Å². The Hall–Kier alpha value is -2.24. The number of esters is 1. The molecule has 1 rings (SSSR count). The summed E-state index contributed by atoms with van der Waals surface area (Å²) in [5.74, 6) is -1.64. The fraction of sp³-hybridized carbons (Fsp3) is 0.385. The van der Waals surface area contributed by atoms with Crippen LogP contribution >= 0.6 is 0 Å². The van der Waals surface area contributed by atoms with E-state index in [4.69, 9.17) is 20.3 Å². The van der Waals surface area contributed by atoms with Crippen LogP contribution in [0.3, 0.4) is 0 Å². The Balaban J connectivity index is 2.93. The van der Waals surface area contributed by atoms with Gasteiger partial charge in [0.15, 0.2) is 6.10 Å². The number of ether oxygens (including phenoxy) is 2. The van der Waals surface area contributed by atoms with Crippen molar-refractivity contribution in [2.24, 2.45) is 0 Å². The highest BCUT2D eigenvalue weighted by Crippen LogP contribution is 2.22. The van der Waals surface area contributed by atoms with Crippen molar-refractivity contribution in [1.82, 2.24) is 0 Å². The number of benzene rings is 1. The molecule has 0 aliphatic rings. The van der Waals surface area contributed by atoms with Gasteiger partial charge in [-0.2, -0.15) is 0 Å². The van der Waals surface area contributed by atoms with Crippen LogP contribution < -0.4 is 10.5 Å². The maximum Gasteiger partial charge on any atom is 0.345 e. The van der Waals surface area contributed by atoms with E-state index in [1.807, 2.05) is 6.92 Å². The lowest BCUT2D eigenvalue weighted by molar-refractivity contribution is -0.147. The number of carboxylic acids is 1. The van der Waals surface area contributed by atoms with E-state index < -0.39 is 18.0 Å². The van der Waals surface area contributed by atoms with E-state index in [0.717, 1.165) is 0 Å². The fourth-order valence-electron chi connectivity index (χ4n) is 1.57. The van der Waals surface area contributed by atoms with Gasteiger partial charge in [-0.05, 0) is 24.6 Å². The van der Waals surface area contributed by atoms with Crippen molar-refractivity contribution in [2.75, 3.05) is 12.8 Å². The molecule has 0 amide bonds. The number of methoxy groups -OCH3 is 1. The van der Waals surface area contributed by atoms with Crippen molar-refractivity contribution < 1.29 is 24.2 Å². The molecule has 0 bridgehead atoms. The van der Waals surface area contributed by atoms with Crippen LogP contribution in [0.1, 0.15) is 30.1 Å². The summed E-state index contributed by atoms with van der Waals surface area (Å²) in [5, 5.41) is 8.95. The van der Waals surface area contributed by atoms with Gasteiger partial charge < -0.3 is 20.3 Å². The van der Waals surface area contributed by atoms with Crippen LogP contribution in [0.25, 0.3) is 0 Å². The van der Waals surface area contributed by atoms with Crippen molar-refractivity contribution >= 4 is 17.6 Å². The van der Waals surface area contributed by atoms with Crippen molar-refractivity contribution in [3.63, 3.8) is 0 Å². The third-order valence-electron chi connectivity index (χ3n) is 2.52. The second-order valence-electron chi connectivity index (χ2n) is 3.98. The molecule has 6 heteroatoms. The van der Waals surface area contributed by atoms with Crippen LogP contribution in [0.5, 0.6) is 5.75 Å². The number of nitrogen functional groups attached to an aromatic ring is 1. The van der Waals surface area contributed by atoms with Crippen LogP contribution in [0.15, 0.2) is 18.2 Å². The molecule has 3 N–H and O–H groups in total. The first-order valence-electron chi connectivity index (χ1n) is 5.86. The number of hydrogen-bond donors (Lipinski definition) is 2. The summed E-state index contributed by atoms with van der Waals surface area (Å²) in [7, 11) is 1.41. The van der Waals surface area contributed by atoms with E-state index in [2.05, 4.69) is 0 Å². The van der Waals surface area contributed by atoms with Crippen LogP contribution in [0, 0.1) is 0 Å². The number of carboxylic acid groups (broad SMARTS) is 1. The second-order valence-corrected chi connectivity index (χ2v) is 3.98. The monoisotopic (exact) mass is 267 g/mol. The quantitative estimate of drug-likeness (QED) is 0.601. The number of rotatable bonds is 6. The van der Waals surface area contributed by atoms with Gasteiger partial charge in [0.05, 0.1) is 7.11 Å². The molecule has 0 radical (unpaired) electrons. The minimum absolute atomic E-state index is 0.116. The third-order valence-corrected chi connectivity index (χ3v) is 2.52. The van der Waals surface area contributed by atoms with Gasteiger partial charge in [0.1, 0.15) is 11.3 Å². The number of aliphatic carboxylic acids is 1. The van der Waals surface area contributed by atoms with E-state index >= 15 is 0 Å². The largest absolute Gasteiger partial charge is 0.496 e. The maximum absolute atomic E-state index is 11.9. The minimum atomic E-state index is -1.17. The summed E-state index contributed by atoms with van der Waals surface area (Å²) < 4.78 is 9.98. The molecule has 1 aromatic rings. The van der Waals surface area contributed by atoms with Gasteiger partial charge in [-0.25, -0.2) is 9.59 Å². The molecule has 0 aliphatic carbocycles. The number of carbonyl (C=O) groups is 2. The number of hydrogen-bond acceptors (Lipinski definition) is 5. The lowest BCUT2D eigenvalue weighted by atomic mass is 10.1. The third kappa shape index (κ3) is 3.87. The van der Waals surface area contributed by atoms with Gasteiger partial charge in [-0.1, -0.05) is 13.3 Å². The molecular formula is C13H17NO5. The Morgan fingerprint density at radius 2 is 2.11 bits per heavy atom. The number of anilines is 1. The molecule has 0 heterocycles. The predicted molar refractivity (Wildman–Crippen MR) is 69.2 cm³/mol. The van der Waals surface area contributed by atoms with Gasteiger partial charge in [-0.3, -0.25) is 0 Å². The Kier molecular flexibility index (Phi) is 5.17. The zero-order chi connectivity index (χ0) is 14.4. The molecule has 0 aromatic heterocycles. The Morgan fingerprint density at radius 3 is 2.63 bits per heavy atom. The van der Waals surface area contributed by atoms with E-state index in [0.29, 0.717) is 17.9 Å². The highest BCUT2D eigenvalue weighted by Gasteiger charge is 2.24. The fourth-order valence-corrected chi connectivity index (χ4v) is 1.57. The molecule has 6 nitrogen and oxygen atoms in total. The van der Waals surface area contributed by atoms with Gasteiger partial charge in [0, 0.05) is 5.69 Å². The molecule has 1 atom stereocenters. The van der Waals surface area contributed by atoms with E-state index in [9.17, 15) is 9.59 Å². The molecule has 0 saturated carbocycles. The number of nitrogens with two attached hydrogens (primary N) is 1. The van der Waals surface area contributed by atoms with Gasteiger partial charge in [0.2, 0.25) is 0 Å². The summed E-state index contributed by atoms with van der Waals surface area (Å²) in [6, 6.07) is 4.50. The summed E-state index contributed by atoms with van der Waals surface area (Å²) in [6.45, 7) is 1.81. The lowest BCUT2D eigenvalue weighted by Gasteiger charge is -2.14. The van der Waals surface area contributed by atoms with Crippen molar-refractivity contribution in [3.05, 3.63) is 23.8 Å². The van der Waals surface area contributed by atoms with Crippen molar-refractivity contribution in [1.29, 1.82) is 0 Å². The minimum Gasteiger partial charge on any atom is -0.496 e. The SMILES string of the molecule is CCCC(OC(=O)c1cc(N)ccc1OC)C(=O)O. The summed E-state index contributed by atoms with van der Waals surface area (Å²) in [6.07, 6.45) is -0.312. The highest BCUT2D eigenvalue weighted by molar-refractivity contribution is 5.95. The first-order valence-corrected chi connectivity index (χ1v) is 5.86. The Morgan fingerprint density at radius 1 is 1.42 bits per heavy atom. The van der Waals surface area contributed by atoms with E-state index in [-0.39, 0.29) is 12.0 Å². The summed E-state index contributed by atoms with van der Waals surface area (Å²) in [4.78, 5) is 22.9. The first kappa shape index (κ1) is 14.8. The molecular weight excluding hydrogens is 250 g/mol. The van der Waals surface area contributed by atoms with E-state index in [1.54, 1.807) is 6.07 Å². The average Bonchev–Trinajstić information content (AvgIpc) is 2.37. The van der Waals surface area contributed by atoms with Gasteiger partial charge >= 0.3 is 11.9 Å². The first-order chi connectivity index (χ1) is 8.99. The summed E-state index contributed by atoms with van der Waals surface area (Å²) in [5.41, 5.74) is 6.08. The molecule has 0 fully saturated rings. The normalized spacial score (nSPS) is 11.7. The Labute approximate surface area is 111 Å². The second kappa shape index (κ2) is 6.63. The van der Waals surface area contributed by atoms with E-state index in [1.165, 1.54) is 19.2 Å².